The summed E-state index contributed by atoms with van der Waals surface area (Å²) in [5.41, 5.74) is 2.80. The molecule has 0 amide bonds. The lowest BCUT2D eigenvalue weighted by Gasteiger charge is -2.12. The van der Waals surface area contributed by atoms with Crippen LogP contribution in [0.3, 0.4) is 0 Å². The molecule has 14 heavy (non-hydrogen) atoms. The lowest BCUT2D eigenvalue weighted by molar-refractivity contribution is 0.617. The first-order valence-corrected chi connectivity index (χ1v) is 5.71. The summed E-state index contributed by atoms with van der Waals surface area (Å²) >= 11 is 8.83. The Morgan fingerprint density at radius 3 is 2.64 bits per heavy atom. The van der Waals surface area contributed by atoms with E-state index in [1.807, 2.05) is 18.2 Å². The maximum Gasteiger partial charge on any atom is 0.0294 e. The number of nitrogens with one attached hydrogen (secondary N) is 1. The van der Waals surface area contributed by atoms with E-state index < -0.39 is 0 Å². The molecule has 1 aromatic carbocycles. The summed E-state index contributed by atoms with van der Waals surface area (Å²) in [5.74, 6) is 0. The van der Waals surface area contributed by atoms with E-state index in [2.05, 4.69) is 40.3 Å². The maximum absolute atomic E-state index is 5.43. The van der Waals surface area contributed by atoms with Gasteiger partial charge in [-0.2, -0.15) is 0 Å². The highest BCUT2D eigenvalue weighted by molar-refractivity contribution is 9.10. The second-order valence-corrected chi connectivity index (χ2v) is 4.21. The molecule has 0 radical (unpaired) electrons. The predicted molar refractivity (Wildman–Crippen MR) is 65.6 cm³/mol. The summed E-state index contributed by atoms with van der Waals surface area (Å²) in [6.07, 6.45) is 1.89. The molecule has 3 heteroatoms. The van der Waals surface area contributed by atoms with Crippen LogP contribution in [0.15, 0.2) is 40.3 Å². The van der Waals surface area contributed by atoms with Crippen molar-refractivity contribution in [1.82, 2.24) is 5.32 Å². The molecule has 0 saturated carbocycles. The van der Waals surface area contributed by atoms with Crippen LogP contribution in [-0.2, 0) is 0 Å². The van der Waals surface area contributed by atoms with Gasteiger partial charge in [0.2, 0.25) is 0 Å². The Morgan fingerprint density at radius 1 is 1.43 bits per heavy atom. The molecular weight excluding hydrogens is 261 g/mol. The highest BCUT2D eigenvalue weighted by Gasteiger charge is 2.02. The normalized spacial score (nSPS) is 13.4. The smallest absolute Gasteiger partial charge is 0.0294 e. The Kier molecular flexibility index (Phi) is 5.23. The third-order valence-corrected chi connectivity index (χ3v) is 2.71. The third-order valence-electron chi connectivity index (χ3n) is 2.00. The van der Waals surface area contributed by atoms with E-state index in [9.17, 15) is 0 Å². The zero-order chi connectivity index (χ0) is 10.4. The number of rotatable bonds is 4. The van der Waals surface area contributed by atoms with Gasteiger partial charge in [-0.15, -0.1) is 0 Å². The molecule has 1 N–H and O–H groups in total. The Bertz CT molecular complexity index is 295. The minimum atomic E-state index is 0.343. The summed E-state index contributed by atoms with van der Waals surface area (Å²) in [6.45, 7) is 2.92. The topological polar surface area (TPSA) is 12.0 Å². The van der Waals surface area contributed by atoms with Crippen molar-refractivity contribution in [3.63, 3.8) is 0 Å². The lowest BCUT2D eigenvalue weighted by Crippen LogP contribution is -2.18. The van der Waals surface area contributed by atoms with Crippen LogP contribution in [0.25, 0.3) is 0 Å². The van der Waals surface area contributed by atoms with Crippen LogP contribution in [0.5, 0.6) is 0 Å². The van der Waals surface area contributed by atoms with Gasteiger partial charge in [0.05, 0.1) is 0 Å². The minimum absolute atomic E-state index is 0.343. The molecule has 1 atom stereocenters. The van der Waals surface area contributed by atoms with Crippen LogP contribution in [0, 0.1) is 0 Å². The third kappa shape index (κ3) is 3.82. The molecule has 0 saturated heterocycles. The lowest BCUT2D eigenvalue weighted by atomic mass is 10.1. The Morgan fingerprint density at radius 2 is 2.07 bits per heavy atom. The molecular formula is C11H13BrClN. The molecule has 0 unspecified atom stereocenters. The van der Waals surface area contributed by atoms with Crippen molar-refractivity contribution in [2.24, 2.45) is 0 Å². The van der Waals surface area contributed by atoms with Crippen molar-refractivity contribution in [3.8, 4) is 0 Å². The monoisotopic (exact) mass is 273 g/mol. The standard InChI is InChI=1S/C11H13BrClN/c1-9(14-8-2-7-13)10-3-5-11(12)6-4-10/h2-7,9,14H,8H2,1H3/b7-2+/t9-/m0/s1. The van der Waals surface area contributed by atoms with Crippen molar-refractivity contribution >= 4 is 27.5 Å². The number of hydrogen-bond acceptors (Lipinski definition) is 1. The van der Waals surface area contributed by atoms with E-state index >= 15 is 0 Å². The molecule has 0 heterocycles. The van der Waals surface area contributed by atoms with Crippen LogP contribution in [0.1, 0.15) is 18.5 Å². The van der Waals surface area contributed by atoms with E-state index in [0.29, 0.717) is 6.04 Å². The molecule has 0 aliphatic heterocycles. The minimum Gasteiger partial charge on any atom is -0.307 e. The number of halogens is 2. The van der Waals surface area contributed by atoms with Crippen molar-refractivity contribution in [2.75, 3.05) is 6.54 Å². The largest absolute Gasteiger partial charge is 0.307 e. The van der Waals surface area contributed by atoms with Crippen LogP contribution in [0.2, 0.25) is 0 Å². The predicted octanol–water partition coefficient (Wildman–Crippen LogP) is 3.85. The molecule has 0 fully saturated rings. The molecule has 0 aliphatic carbocycles. The average Bonchev–Trinajstić information content (AvgIpc) is 2.19. The second-order valence-electron chi connectivity index (χ2n) is 3.04. The van der Waals surface area contributed by atoms with E-state index in [1.165, 1.54) is 11.1 Å². The molecule has 1 rings (SSSR count). The molecule has 1 nitrogen and oxygen atoms in total. The molecule has 0 bridgehead atoms. The van der Waals surface area contributed by atoms with Gasteiger partial charge in [-0.1, -0.05) is 45.7 Å². The van der Waals surface area contributed by atoms with Gasteiger partial charge in [0.15, 0.2) is 0 Å². The maximum atomic E-state index is 5.43. The summed E-state index contributed by atoms with van der Waals surface area (Å²) in [6, 6.07) is 8.64. The Labute approximate surface area is 98.3 Å². The van der Waals surface area contributed by atoms with Crippen molar-refractivity contribution < 1.29 is 0 Å². The fourth-order valence-corrected chi connectivity index (χ4v) is 1.51. The second kappa shape index (κ2) is 6.23. The quantitative estimate of drug-likeness (QED) is 0.879. The Balaban J connectivity index is 2.51. The van der Waals surface area contributed by atoms with Gasteiger partial charge in [0.25, 0.3) is 0 Å². The molecule has 1 aromatic rings. The first-order valence-electron chi connectivity index (χ1n) is 4.48. The van der Waals surface area contributed by atoms with Gasteiger partial charge in [-0.05, 0) is 24.6 Å². The zero-order valence-corrected chi connectivity index (χ0v) is 10.3. The van der Waals surface area contributed by atoms with Gasteiger partial charge >= 0.3 is 0 Å². The molecule has 0 aromatic heterocycles. The van der Waals surface area contributed by atoms with Gasteiger partial charge in [0, 0.05) is 22.6 Å². The van der Waals surface area contributed by atoms with Crippen LogP contribution in [-0.4, -0.2) is 6.54 Å². The highest BCUT2D eigenvalue weighted by atomic mass is 79.9. The van der Waals surface area contributed by atoms with E-state index in [1.54, 1.807) is 0 Å². The van der Waals surface area contributed by atoms with Crippen LogP contribution < -0.4 is 5.32 Å². The summed E-state index contributed by atoms with van der Waals surface area (Å²) in [4.78, 5) is 0. The van der Waals surface area contributed by atoms with E-state index in [0.717, 1.165) is 11.0 Å². The summed E-state index contributed by atoms with van der Waals surface area (Å²) in [5, 5.41) is 3.33. The fraction of sp³-hybridized carbons (Fsp3) is 0.273. The molecule has 76 valence electrons. The van der Waals surface area contributed by atoms with Crippen molar-refractivity contribution in [1.29, 1.82) is 0 Å². The first-order chi connectivity index (χ1) is 6.74. The van der Waals surface area contributed by atoms with Crippen LogP contribution in [0.4, 0.5) is 0 Å². The van der Waals surface area contributed by atoms with E-state index in [-0.39, 0.29) is 0 Å². The van der Waals surface area contributed by atoms with Gasteiger partial charge in [-0.25, -0.2) is 0 Å². The van der Waals surface area contributed by atoms with Gasteiger partial charge < -0.3 is 5.32 Å². The van der Waals surface area contributed by atoms with Crippen molar-refractivity contribution in [2.45, 2.75) is 13.0 Å². The van der Waals surface area contributed by atoms with Crippen molar-refractivity contribution in [3.05, 3.63) is 45.9 Å². The Hall–Kier alpha value is -0.310. The summed E-state index contributed by atoms with van der Waals surface area (Å²) < 4.78 is 1.11. The zero-order valence-electron chi connectivity index (χ0n) is 8.00. The highest BCUT2D eigenvalue weighted by Crippen LogP contribution is 2.16. The first kappa shape index (κ1) is 11.8. The SMILES string of the molecule is C[C@H](NC/C=C/Cl)c1ccc(Br)cc1. The van der Waals surface area contributed by atoms with Crippen LogP contribution >= 0.6 is 27.5 Å². The fourth-order valence-electron chi connectivity index (χ4n) is 1.16. The van der Waals surface area contributed by atoms with E-state index in [4.69, 9.17) is 11.6 Å². The molecule has 0 spiro atoms. The average molecular weight is 275 g/mol. The number of benzene rings is 1. The summed E-state index contributed by atoms with van der Waals surface area (Å²) in [7, 11) is 0. The van der Waals surface area contributed by atoms with Gasteiger partial charge in [0.1, 0.15) is 0 Å². The number of hydrogen-bond donors (Lipinski definition) is 1. The van der Waals surface area contributed by atoms with Gasteiger partial charge in [-0.3, -0.25) is 0 Å². The molecule has 0 aliphatic rings.